The van der Waals surface area contributed by atoms with Crippen LogP contribution in [-0.2, 0) is 13.6 Å². The van der Waals surface area contributed by atoms with Crippen molar-refractivity contribution in [3.8, 4) is 0 Å². The van der Waals surface area contributed by atoms with Gasteiger partial charge in [-0.15, -0.1) is 24.0 Å². The second-order valence-electron chi connectivity index (χ2n) is 8.55. The molecule has 2 aliphatic heterocycles. The molecule has 1 aromatic heterocycles. The largest absolute Gasteiger partial charge is 0.393 e. The molecule has 9 heteroatoms. The maximum absolute atomic E-state index is 14.8. The first-order valence-electron chi connectivity index (χ1n) is 11.3. The predicted octanol–water partition coefficient (Wildman–Crippen LogP) is 3.09. The van der Waals surface area contributed by atoms with Gasteiger partial charge in [-0.05, 0) is 49.4 Å². The molecular formula is C23H34FIN6O. The summed E-state index contributed by atoms with van der Waals surface area (Å²) in [5.74, 6) is 1.12. The lowest BCUT2D eigenvalue weighted by Crippen LogP contribution is -2.40. The van der Waals surface area contributed by atoms with Gasteiger partial charge in [-0.1, -0.05) is 6.07 Å². The quantitative estimate of drug-likeness (QED) is 0.337. The molecule has 1 unspecified atom stereocenters. The van der Waals surface area contributed by atoms with Crippen LogP contribution in [-0.4, -0.2) is 64.6 Å². The lowest BCUT2D eigenvalue weighted by molar-refractivity contribution is 0.145. The molecule has 0 radical (unpaired) electrons. The topological polar surface area (TPSA) is 68.9 Å². The molecule has 0 bridgehead atoms. The maximum atomic E-state index is 14.8. The number of aryl methyl sites for hydroxylation is 1. The van der Waals surface area contributed by atoms with Crippen LogP contribution >= 0.6 is 24.0 Å². The Morgan fingerprint density at radius 3 is 2.69 bits per heavy atom. The van der Waals surface area contributed by atoms with Crippen molar-refractivity contribution in [2.45, 2.75) is 44.8 Å². The third kappa shape index (κ3) is 5.92. The van der Waals surface area contributed by atoms with Gasteiger partial charge < -0.3 is 20.2 Å². The van der Waals surface area contributed by atoms with Crippen molar-refractivity contribution in [3.63, 3.8) is 0 Å². The Hall–Kier alpha value is -1.88. The molecule has 7 nitrogen and oxygen atoms in total. The van der Waals surface area contributed by atoms with Crippen molar-refractivity contribution in [1.29, 1.82) is 0 Å². The van der Waals surface area contributed by atoms with Gasteiger partial charge in [0.05, 0.1) is 24.5 Å². The average Bonchev–Trinajstić information content (AvgIpc) is 3.41. The van der Waals surface area contributed by atoms with Gasteiger partial charge >= 0.3 is 0 Å². The monoisotopic (exact) mass is 556 g/mol. The summed E-state index contributed by atoms with van der Waals surface area (Å²) in [5.41, 5.74) is 2.74. The summed E-state index contributed by atoms with van der Waals surface area (Å²) in [5, 5.41) is 17.4. The van der Waals surface area contributed by atoms with Crippen molar-refractivity contribution in [3.05, 3.63) is 47.5 Å². The van der Waals surface area contributed by atoms with Gasteiger partial charge in [-0.25, -0.2) is 9.38 Å². The van der Waals surface area contributed by atoms with Crippen LogP contribution < -0.4 is 10.2 Å². The summed E-state index contributed by atoms with van der Waals surface area (Å²) < 4.78 is 16.6. The van der Waals surface area contributed by atoms with E-state index < -0.39 is 0 Å². The highest BCUT2D eigenvalue weighted by molar-refractivity contribution is 14.0. The third-order valence-corrected chi connectivity index (χ3v) is 6.25. The van der Waals surface area contributed by atoms with Crippen LogP contribution in [0.1, 0.15) is 43.2 Å². The van der Waals surface area contributed by atoms with Crippen molar-refractivity contribution >= 4 is 35.6 Å². The van der Waals surface area contributed by atoms with E-state index in [1.165, 1.54) is 5.56 Å². The van der Waals surface area contributed by atoms with Crippen LogP contribution in [0.3, 0.4) is 0 Å². The van der Waals surface area contributed by atoms with Crippen molar-refractivity contribution in [2.24, 2.45) is 12.0 Å². The van der Waals surface area contributed by atoms with E-state index in [0.29, 0.717) is 44.1 Å². The number of nitrogens with zero attached hydrogens (tertiary/aromatic N) is 5. The van der Waals surface area contributed by atoms with Gasteiger partial charge in [-0.2, -0.15) is 5.10 Å². The fourth-order valence-corrected chi connectivity index (χ4v) is 4.48. The standard InChI is InChI=1S/C23H33FN6O.HI/c1-3-25-23(30-9-6-18(16-30)19-14-27-28(2)15-19)26-13-17-4-5-22(21(24)12-17)29-10-7-20(31)8-11-29;/h4-5,12,14-15,18,20,31H,3,6-11,13,16H2,1-2H3,(H,25,26);1H. The summed E-state index contributed by atoms with van der Waals surface area (Å²) in [4.78, 5) is 9.09. The minimum absolute atomic E-state index is 0. The van der Waals surface area contributed by atoms with E-state index in [4.69, 9.17) is 4.99 Å². The van der Waals surface area contributed by atoms with E-state index in [0.717, 1.165) is 37.6 Å². The molecule has 4 rings (SSSR count). The van der Waals surface area contributed by atoms with E-state index in [-0.39, 0.29) is 35.9 Å². The zero-order chi connectivity index (χ0) is 21.8. The number of hydrogen-bond donors (Lipinski definition) is 2. The van der Waals surface area contributed by atoms with Gasteiger partial charge in [-0.3, -0.25) is 4.68 Å². The molecule has 1 atom stereocenters. The molecule has 2 aliphatic rings. The van der Waals surface area contributed by atoms with Gasteiger partial charge in [0.1, 0.15) is 5.82 Å². The number of rotatable bonds is 5. The maximum Gasteiger partial charge on any atom is 0.194 e. The summed E-state index contributed by atoms with van der Waals surface area (Å²) >= 11 is 0. The zero-order valence-corrected chi connectivity index (χ0v) is 21.2. The molecule has 2 fully saturated rings. The molecule has 2 N–H and O–H groups in total. The Balaban J connectivity index is 0.00000289. The van der Waals surface area contributed by atoms with E-state index in [9.17, 15) is 9.50 Å². The number of guanidine groups is 1. The van der Waals surface area contributed by atoms with Crippen LogP contribution in [0, 0.1) is 5.82 Å². The fourth-order valence-electron chi connectivity index (χ4n) is 4.48. The highest BCUT2D eigenvalue weighted by Crippen LogP contribution is 2.27. The molecule has 1 aromatic carbocycles. The second-order valence-corrected chi connectivity index (χ2v) is 8.55. The number of halogens is 2. The minimum Gasteiger partial charge on any atom is -0.393 e. The molecule has 176 valence electrons. The molecular weight excluding hydrogens is 522 g/mol. The number of aromatic nitrogens is 2. The van der Waals surface area contributed by atoms with Crippen LogP contribution in [0.2, 0.25) is 0 Å². The summed E-state index contributed by atoms with van der Waals surface area (Å²) in [6, 6.07) is 5.40. The molecule has 32 heavy (non-hydrogen) atoms. The lowest BCUT2D eigenvalue weighted by atomic mass is 10.0. The predicted molar refractivity (Wildman–Crippen MR) is 136 cm³/mol. The van der Waals surface area contributed by atoms with E-state index in [2.05, 4.69) is 28.4 Å². The summed E-state index contributed by atoms with van der Waals surface area (Å²) in [6.45, 7) is 6.52. The van der Waals surface area contributed by atoms with Crippen LogP contribution in [0.5, 0.6) is 0 Å². The molecule has 3 heterocycles. The number of anilines is 1. The van der Waals surface area contributed by atoms with Crippen LogP contribution in [0.4, 0.5) is 10.1 Å². The number of piperidine rings is 1. The molecule has 0 amide bonds. The normalized spacial score (nSPS) is 19.9. The number of aliphatic hydroxyl groups is 1. The number of aliphatic hydroxyl groups excluding tert-OH is 1. The number of hydrogen-bond acceptors (Lipinski definition) is 4. The third-order valence-electron chi connectivity index (χ3n) is 6.25. The first-order chi connectivity index (χ1) is 15.0. The Bertz CT molecular complexity index is 912. The minimum atomic E-state index is -0.263. The number of nitrogens with one attached hydrogen (secondary N) is 1. The molecule has 0 saturated carbocycles. The van der Waals surface area contributed by atoms with E-state index in [1.807, 2.05) is 35.0 Å². The summed E-state index contributed by atoms with van der Waals surface area (Å²) in [6.07, 6.45) is 6.22. The van der Waals surface area contributed by atoms with Gasteiger partial charge in [0.15, 0.2) is 5.96 Å². The van der Waals surface area contributed by atoms with Crippen molar-refractivity contribution in [1.82, 2.24) is 20.0 Å². The van der Waals surface area contributed by atoms with Crippen LogP contribution in [0.15, 0.2) is 35.6 Å². The molecule has 0 spiro atoms. The summed E-state index contributed by atoms with van der Waals surface area (Å²) in [7, 11) is 1.95. The molecule has 2 aromatic rings. The van der Waals surface area contributed by atoms with Gasteiger partial charge in [0.2, 0.25) is 0 Å². The highest BCUT2D eigenvalue weighted by atomic mass is 127. The molecule has 0 aliphatic carbocycles. The molecule has 2 saturated heterocycles. The Kier molecular flexibility index (Phi) is 8.75. The Labute approximate surface area is 206 Å². The van der Waals surface area contributed by atoms with Crippen LogP contribution in [0.25, 0.3) is 0 Å². The lowest BCUT2D eigenvalue weighted by Gasteiger charge is -2.31. The van der Waals surface area contributed by atoms with Gasteiger partial charge in [0, 0.05) is 51.9 Å². The first-order valence-corrected chi connectivity index (χ1v) is 11.3. The van der Waals surface area contributed by atoms with Crippen molar-refractivity contribution in [2.75, 3.05) is 37.6 Å². The van der Waals surface area contributed by atoms with Crippen molar-refractivity contribution < 1.29 is 9.50 Å². The fraction of sp³-hybridized carbons (Fsp3) is 0.565. The number of likely N-dealkylation sites (tertiary alicyclic amines) is 1. The Morgan fingerprint density at radius 2 is 2.03 bits per heavy atom. The van der Waals surface area contributed by atoms with Gasteiger partial charge in [0.25, 0.3) is 0 Å². The zero-order valence-electron chi connectivity index (χ0n) is 18.9. The SMILES string of the molecule is CCNC(=NCc1ccc(N2CCC(O)CC2)c(F)c1)N1CCC(c2cnn(C)c2)C1.I. The highest BCUT2D eigenvalue weighted by Gasteiger charge is 2.27. The smallest absolute Gasteiger partial charge is 0.194 e. The average molecular weight is 556 g/mol. The van der Waals surface area contributed by atoms with E-state index >= 15 is 0 Å². The number of aliphatic imine (C=N–C) groups is 1. The Morgan fingerprint density at radius 1 is 1.25 bits per heavy atom. The number of benzene rings is 1. The van der Waals surface area contributed by atoms with E-state index in [1.54, 1.807) is 6.07 Å². The first kappa shape index (κ1) is 24.8. The second kappa shape index (κ2) is 11.3.